The van der Waals surface area contributed by atoms with Gasteiger partial charge in [-0.2, -0.15) is 5.10 Å². The number of carboxylic acids is 1. The number of fused-ring (bicyclic) bond motifs is 3. The number of hydrogen-bond acceptors (Lipinski definition) is 10. The third kappa shape index (κ3) is 10.5. The second-order valence-electron chi connectivity index (χ2n) is 18.1. The van der Waals surface area contributed by atoms with Crippen LogP contribution in [0.4, 0.5) is 0 Å². The number of rotatable bonds is 19. The number of aromatic carboxylic acids is 1. The number of Topliss-reactive ketones (excluding diaryl/α,β-unsaturated/α-hetero) is 2. The van der Waals surface area contributed by atoms with Crippen LogP contribution < -0.4 is 10.1 Å². The summed E-state index contributed by atoms with van der Waals surface area (Å²) >= 11 is 7.09. The standard InChI is InChI=1S/C52H59ClN8O8/c1-30(62)16-19-42(33(4)63)56-51(65)40-27-36(28-43-48(40)55-34(5)54-43)69-29-45(64)60-23-20-59(21-24-60)22-25-61-49-39(17-18-41(53)47(49)46-31(2)57-58(6)32(46)3)38(50(61)52(66)67)14-10-26-68-44-15-9-12-35-11-7-8-13-37(35)44/h7-8,11,13,15,17-18,27-28,42H,9-10,12,14,16,19-26,29H2,1-6H3,(H,54,55)(H,56,65)(H,66,67). The quantitative estimate of drug-likeness (QED) is 0.0685. The zero-order chi connectivity index (χ0) is 49.1. The van der Waals surface area contributed by atoms with Crippen molar-refractivity contribution in [3.05, 3.63) is 105 Å². The predicted octanol–water partition coefficient (Wildman–Crippen LogP) is 7.41. The summed E-state index contributed by atoms with van der Waals surface area (Å²) < 4.78 is 16.1. The Kier molecular flexibility index (Phi) is 14.7. The van der Waals surface area contributed by atoms with E-state index in [2.05, 4.69) is 38.4 Å². The first-order valence-corrected chi connectivity index (χ1v) is 23.9. The molecule has 1 saturated heterocycles. The van der Waals surface area contributed by atoms with Crippen molar-refractivity contribution in [2.75, 3.05) is 45.9 Å². The van der Waals surface area contributed by atoms with Crippen LogP contribution in [0.5, 0.6) is 5.75 Å². The first kappa shape index (κ1) is 48.7. The maximum absolute atomic E-state index is 13.6. The fraction of sp³-hybridized carbons (Fsp3) is 0.404. The van der Waals surface area contributed by atoms with Crippen LogP contribution in [0.25, 0.3) is 38.8 Å². The summed E-state index contributed by atoms with van der Waals surface area (Å²) in [6, 6.07) is 14.4. The molecule has 8 rings (SSSR count). The topological polar surface area (TPSA) is 194 Å². The van der Waals surface area contributed by atoms with Crippen molar-refractivity contribution >= 4 is 68.6 Å². The molecule has 4 heterocycles. The highest BCUT2D eigenvalue weighted by Gasteiger charge is 2.30. The molecule has 2 amide bonds. The third-order valence-corrected chi connectivity index (χ3v) is 13.6. The van der Waals surface area contributed by atoms with Crippen molar-refractivity contribution in [1.82, 2.24) is 39.4 Å². The number of carbonyl (C=O) groups excluding carboxylic acids is 4. The normalized spacial score (nSPS) is 14.4. The van der Waals surface area contributed by atoms with E-state index >= 15 is 0 Å². The lowest BCUT2D eigenvalue weighted by atomic mass is 9.96. The van der Waals surface area contributed by atoms with Gasteiger partial charge in [-0.25, -0.2) is 9.78 Å². The summed E-state index contributed by atoms with van der Waals surface area (Å²) in [7, 11) is 1.88. The van der Waals surface area contributed by atoms with Crippen molar-refractivity contribution < 1.29 is 38.6 Å². The van der Waals surface area contributed by atoms with E-state index in [4.69, 9.17) is 26.2 Å². The highest BCUT2D eigenvalue weighted by Crippen LogP contribution is 2.42. The molecule has 0 bridgehead atoms. The second kappa shape index (κ2) is 20.8. The number of aryl methyl sites for hydroxylation is 5. The highest BCUT2D eigenvalue weighted by molar-refractivity contribution is 6.35. The number of carbonyl (C=O) groups is 5. The van der Waals surface area contributed by atoms with Crippen molar-refractivity contribution in [1.29, 1.82) is 0 Å². The summed E-state index contributed by atoms with van der Waals surface area (Å²) in [5.74, 6) is -0.455. The number of imidazole rings is 1. The minimum atomic E-state index is -1.03. The lowest BCUT2D eigenvalue weighted by Crippen LogP contribution is -2.50. The molecule has 0 spiro atoms. The second-order valence-corrected chi connectivity index (χ2v) is 18.5. The monoisotopic (exact) mass is 958 g/mol. The Morgan fingerprint density at radius 1 is 0.957 bits per heavy atom. The SMILES string of the molecule is CC(=O)CCC(NC(=O)c1cc(OCC(=O)N2CCN(CCn3c(C(=O)O)c(CCCOC4=CCCc5ccccc54)c4ccc(Cl)c(-c5c(C)nn(C)c5C)c43)CC2)cc2[nH]c(C)nc12)C(C)=O. The van der Waals surface area contributed by atoms with E-state index in [1.807, 2.05) is 54.4 Å². The molecule has 3 aromatic heterocycles. The lowest BCUT2D eigenvalue weighted by Gasteiger charge is -2.34. The van der Waals surface area contributed by atoms with E-state index < -0.39 is 17.9 Å². The molecular weight excluding hydrogens is 900 g/mol. The largest absolute Gasteiger partial charge is 0.493 e. The molecule has 1 unspecified atom stereocenters. The average molecular weight is 960 g/mol. The molecule has 2 aliphatic rings. The van der Waals surface area contributed by atoms with E-state index in [1.54, 1.807) is 17.9 Å². The number of hydrogen-bond donors (Lipinski definition) is 3. The number of allylic oxidation sites excluding steroid dienone is 1. The van der Waals surface area contributed by atoms with E-state index in [0.29, 0.717) is 80.6 Å². The lowest BCUT2D eigenvalue weighted by molar-refractivity contribution is -0.135. The van der Waals surface area contributed by atoms with Gasteiger partial charge in [0.2, 0.25) is 0 Å². The van der Waals surface area contributed by atoms with E-state index in [0.717, 1.165) is 63.1 Å². The summed E-state index contributed by atoms with van der Waals surface area (Å²) in [6.45, 7) is 11.5. The highest BCUT2D eigenvalue weighted by atomic mass is 35.5. The molecule has 6 aromatic rings. The fourth-order valence-electron chi connectivity index (χ4n) is 9.73. The summed E-state index contributed by atoms with van der Waals surface area (Å²) in [6.07, 6.45) is 5.41. The molecule has 1 fully saturated rings. The number of ether oxygens (including phenoxy) is 2. The Bertz CT molecular complexity index is 3010. The van der Waals surface area contributed by atoms with Gasteiger partial charge < -0.3 is 39.1 Å². The molecule has 69 heavy (non-hydrogen) atoms. The average Bonchev–Trinajstić information content (AvgIpc) is 3.95. The summed E-state index contributed by atoms with van der Waals surface area (Å²) in [5.41, 5.74) is 8.48. The van der Waals surface area contributed by atoms with Crippen LogP contribution in [0.3, 0.4) is 0 Å². The van der Waals surface area contributed by atoms with Gasteiger partial charge >= 0.3 is 5.97 Å². The molecule has 0 radical (unpaired) electrons. The number of H-pyrrole nitrogens is 1. The van der Waals surface area contributed by atoms with E-state index in [-0.39, 0.29) is 53.9 Å². The molecule has 1 atom stereocenters. The van der Waals surface area contributed by atoms with Crippen LogP contribution in [0.2, 0.25) is 5.02 Å². The molecule has 1 aliphatic heterocycles. The Hall–Kier alpha value is -6.78. The summed E-state index contributed by atoms with van der Waals surface area (Å²) in [4.78, 5) is 76.1. The van der Waals surface area contributed by atoms with Gasteiger partial charge in [0.15, 0.2) is 12.4 Å². The van der Waals surface area contributed by atoms with Crippen LogP contribution in [-0.4, -0.2) is 121 Å². The first-order valence-electron chi connectivity index (χ1n) is 23.5. The van der Waals surface area contributed by atoms with Crippen LogP contribution in [0.15, 0.2) is 54.6 Å². The number of aromatic amines is 1. The van der Waals surface area contributed by atoms with E-state index in [9.17, 15) is 29.1 Å². The smallest absolute Gasteiger partial charge is 0.352 e. The van der Waals surface area contributed by atoms with Crippen molar-refractivity contribution in [2.24, 2.45) is 7.05 Å². The molecule has 1 aliphatic carbocycles. The number of benzene rings is 3. The number of aromatic nitrogens is 5. The minimum Gasteiger partial charge on any atom is -0.493 e. The van der Waals surface area contributed by atoms with Crippen LogP contribution in [-0.2, 0) is 45.6 Å². The number of piperazine rings is 1. The molecule has 362 valence electrons. The molecule has 3 N–H and O–H groups in total. The van der Waals surface area contributed by atoms with Crippen molar-refractivity contribution in [2.45, 2.75) is 85.7 Å². The van der Waals surface area contributed by atoms with Gasteiger partial charge in [-0.3, -0.25) is 24.0 Å². The third-order valence-electron chi connectivity index (χ3n) is 13.3. The van der Waals surface area contributed by atoms with Crippen molar-refractivity contribution in [3.63, 3.8) is 0 Å². The van der Waals surface area contributed by atoms with E-state index in [1.165, 1.54) is 25.5 Å². The zero-order valence-electron chi connectivity index (χ0n) is 40.0. The zero-order valence-corrected chi connectivity index (χ0v) is 40.8. The predicted molar refractivity (Wildman–Crippen MR) is 264 cm³/mol. The minimum absolute atomic E-state index is 0.0872. The molecule has 16 nitrogen and oxygen atoms in total. The molecule has 17 heteroatoms. The van der Waals surface area contributed by atoms with Crippen LogP contribution in [0, 0.1) is 20.8 Å². The maximum atomic E-state index is 13.6. The van der Waals surface area contributed by atoms with Gasteiger partial charge in [-0.05, 0) is 96.1 Å². The number of nitrogens with zero attached hydrogens (tertiary/aromatic N) is 6. The van der Waals surface area contributed by atoms with Crippen LogP contribution >= 0.6 is 11.6 Å². The number of nitrogens with one attached hydrogen (secondary N) is 2. The Labute approximate surface area is 405 Å². The van der Waals surface area contributed by atoms with Gasteiger partial charge in [-0.15, -0.1) is 0 Å². The van der Waals surface area contributed by atoms with Crippen molar-refractivity contribution in [3.8, 4) is 16.9 Å². The van der Waals surface area contributed by atoms with Crippen LogP contribution in [0.1, 0.15) is 94.3 Å². The van der Waals surface area contributed by atoms with Gasteiger partial charge in [0, 0.05) is 86.6 Å². The van der Waals surface area contributed by atoms with Gasteiger partial charge in [-0.1, -0.05) is 41.9 Å². The Balaban J connectivity index is 0.963. The van der Waals surface area contributed by atoms with Gasteiger partial charge in [0.1, 0.15) is 34.3 Å². The number of amides is 2. The Morgan fingerprint density at radius 2 is 1.72 bits per heavy atom. The van der Waals surface area contributed by atoms with Gasteiger partial charge in [0.25, 0.3) is 11.8 Å². The number of halogens is 1. The molecular formula is C52H59ClN8O8. The number of ketones is 2. The first-order chi connectivity index (χ1) is 33.1. The fourth-order valence-corrected chi connectivity index (χ4v) is 9.98. The Morgan fingerprint density at radius 3 is 2.43 bits per heavy atom. The number of carboxylic acid groups (broad SMARTS) is 1. The summed E-state index contributed by atoms with van der Waals surface area (Å²) in [5, 5.41) is 19.7. The maximum Gasteiger partial charge on any atom is 0.352 e. The molecule has 3 aromatic carbocycles. The molecule has 0 saturated carbocycles. The van der Waals surface area contributed by atoms with Gasteiger partial charge in [0.05, 0.1) is 40.0 Å².